The molecule has 2 rings (SSSR count). The van der Waals surface area contributed by atoms with E-state index >= 15 is 0 Å². The molecule has 1 aromatic rings. The summed E-state index contributed by atoms with van der Waals surface area (Å²) in [6.45, 7) is 4.80. The molecule has 88 valence electrons. The van der Waals surface area contributed by atoms with Crippen LogP contribution in [0.15, 0.2) is 24.4 Å². The molecule has 0 spiro atoms. The summed E-state index contributed by atoms with van der Waals surface area (Å²) in [4.78, 5) is 15.4. The molecule has 0 aromatic carbocycles. The average molecular weight is 446 g/mol. The molecule has 1 aliphatic rings. The number of aromatic nitrogens is 1. The van der Waals surface area contributed by atoms with Crippen molar-refractivity contribution in [2.24, 2.45) is 5.92 Å². The molecule has 0 aliphatic heterocycles. The topological polar surface area (TPSA) is 42.0 Å². The number of nitrogens with zero attached hydrogens (tertiary/aromatic N) is 1. The van der Waals surface area contributed by atoms with Crippen molar-refractivity contribution >= 4 is 5.91 Å². The van der Waals surface area contributed by atoms with Crippen LogP contribution in [-0.4, -0.2) is 17.4 Å². The van der Waals surface area contributed by atoms with Gasteiger partial charge in [-0.3, -0.25) is 9.78 Å². The molecule has 16 heavy (non-hydrogen) atoms. The number of nitrogens with one attached hydrogen (secondary N) is 1. The zero-order chi connectivity index (χ0) is 11.1. The van der Waals surface area contributed by atoms with Crippen molar-refractivity contribution in [3.8, 4) is 0 Å². The average Bonchev–Trinajstić information content (AvgIpc) is 3.14. The fourth-order valence-corrected chi connectivity index (χ4v) is 1.15. The SMILES string of the molecule is CC.O=C(NCC1CC1)c1ccccn1.[HH].[U]. The predicted octanol–water partition coefficient (Wildman–Crippen LogP) is 2.49. The van der Waals surface area contributed by atoms with E-state index in [9.17, 15) is 4.79 Å². The second-order valence-corrected chi connectivity index (χ2v) is 3.37. The Morgan fingerprint density at radius 3 is 2.69 bits per heavy atom. The van der Waals surface area contributed by atoms with Gasteiger partial charge >= 0.3 is 0 Å². The van der Waals surface area contributed by atoms with E-state index in [-0.39, 0.29) is 38.4 Å². The molecule has 4 heteroatoms. The van der Waals surface area contributed by atoms with Crippen molar-refractivity contribution in [3.63, 3.8) is 0 Å². The third kappa shape index (κ3) is 5.67. The Morgan fingerprint density at radius 2 is 2.19 bits per heavy atom. The molecule has 1 fully saturated rings. The summed E-state index contributed by atoms with van der Waals surface area (Å²) in [5, 5.41) is 2.86. The summed E-state index contributed by atoms with van der Waals surface area (Å²) in [5.74, 6) is 0.653. The summed E-state index contributed by atoms with van der Waals surface area (Å²) >= 11 is 0. The minimum absolute atomic E-state index is 0. The van der Waals surface area contributed by atoms with Gasteiger partial charge in [0.05, 0.1) is 0 Å². The van der Waals surface area contributed by atoms with Gasteiger partial charge in [0.2, 0.25) is 0 Å². The van der Waals surface area contributed by atoms with Crippen LogP contribution in [0.4, 0.5) is 0 Å². The number of carbonyl (C=O) groups excluding carboxylic acids is 1. The molecule has 1 saturated carbocycles. The van der Waals surface area contributed by atoms with E-state index in [0.717, 1.165) is 6.54 Å². The van der Waals surface area contributed by atoms with E-state index in [1.54, 1.807) is 18.3 Å². The van der Waals surface area contributed by atoms with Gasteiger partial charge in [0.1, 0.15) is 5.69 Å². The van der Waals surface area contributed by atoms with E-state index in [2.05, 4.69) is 10.3 Å². The van der Waals surface area contributed by atoms with Crippen molar-refractivity contribution in [1.82, 2.24) is 10.3 Å². The molecule has 0 radical (unpaired) electrons. The number of amides is 1. The minimum atomic E-state index is -0.0625. The van der Waals surface area contributed by atoms with E-state index in [1.807, 2.05) is 19.9 Å². The smallest absolute Gasteiger partial charge is 0.269 e. The van der Waals surface area contributed by atoms with Crippen LogP contribution in [0.3, 0.4) is 0 Å². The fourth-order valence-electron chi connectivity index (χ4n) is 1.15. The summed E-state index contributed by atoms with van der Waals surface area (Å²) < 4.78 is 0. The third-order valence-corrected chi connectivity index (χ3v) is 2.15. The van der Waals surface area contributed by atoms with Crippen LogP contribution in [0.1, 0.15) is 38.6 Å². The number of pyridine rings is 1. The zero-order valence-corrected chi connectivity index (χ0v) is 14.0. The first-order valence-corrected chi connectivity index (χ1v) is 5.55. The first-order valence-electron chi connectivity index (χ1n) is 5.55. The maximum Gasteiger partial charge on any atom is 0.269 e. The van der Waals surface area contributed by atoms with Crippen molar-refractivity contribution in [3.05, 3.63) is 30.1 Å². The first-order chi connectivity index (χ1) is 7.36. The Labute approximate surface area is 122 Å². The molecule has 3 nitrogen and oxygen atoms in total. The molecule has 1 N–H and O–H groups in total. The van der Waals surface area contributed by atoms with E-state index in [0.29, 0.717) is 11.6 Å². The largest absolute Gasteiger partial charge is 0.350 e. The number of hydrogen-bond donors (Lipinski definition) is 1. The van der Waals surface area contributed by atoms with Crippen LogP contribution in [-0.2, 0) is 0 Å². The minimum Gasteiger partial charge on any atom is -0.350 e. The Bertz CT molecular complexity index is 305. The van der Waals surface area contributed by atoms with Crippen molar-refractivity contribution in [2.75, 3.05) is 6.54 Å². The molecule has 0 atom stereocenters. The van der Waals surface area contributed by atoms with Gasteiger partial charge in [-0.1, -0.05) is 19.9 Å². The van der Waals surface area contributed by atoms with Crippen LogP contribution < -0.4 is 5.32 Å². The summed E-state index contributed by atoms with van der Waals surface area (Å²) in [5.41, 5.74) is 0.503. The van der Waals surface area contributed by atoms with Gasteiger partial charge in [-0.25, -0.2) is 0 Å². The van der Waals surface area contributed by atoms with E-state index in [1.165, 1.54) is 12.8 Å². The van der Waals surface area contributed by atoms with Crippen LogP contribution in [0.2, 0.25) is 0 Å². The normalized spacial score (nSPS) is 12.9. The Kier molecular flexibility index (Phi) is 8.60. The molecule has 0 saturated heterocycles. The predicted molar refractivity (Wildman–Crippen MR) is 62.8 cm³/mol. The molecule has 1 amide bonds. The van der Waals surface area contributed by atoms with Gasteiger partial charge in [0.25, 0.3) is 5.91 Å². The second-order valence-electron chi connectivity index (χ2n) is 3.37. The number of carbonyl (C=O) groups is 1. The quantitative estimate of drug-likeness (QED) is 0.776. The molecule has 0 bridgehead atoms. The maximum atomic E-state index is 11.4. The van der Waals surface area contributed by atoms with Crippen molar-refractivity contribution in [2.45, 2.75) is 26.7 Å². The summed E-state index contributed by atoms with van der Waals surface area (Å²) in [6.07, 6.45) is 4.14. The molecular formula is C12H20N2OU. The van der Waals surface area contributed by atoms with Crippen molar-refractivity contribution < 1.29 is 37.3 Å². The van der Waals surface area contributed by atoms with Gasteiger partial charge in [-0.15, -0.1) is 0 Å². The zero-order valence-electron chi connectivity index (χ0n) is 9.86. The second kappa shape index (κ2) is 8.78. The Hall–Kier alpha value is -0.328. The van der Waals surface area contributed by atoms with Gasteiger partial charge in [-0.2, -0.15) is 0 Å². The van der Waals surface area contributed by atoms with Crippen LogP contribution in [0.5, 0.6) is 0 Å². The molecule has 1 aromatic heterocycles. The molecule has 1 aliphatic carbocycles. The first kappa shape index (κ1) is 15.7. The molecule has 1 heterocycles. The number of rotatable bonds is 3. The van der Waals surface area contributed by atoms with Gasteiger partial charge < -0.3 is 5.32 Å². The number of hydrogen-bond acceptors (Lipinski definition) is 2. The summed E-state index contributed by atoms with van der Waals surface area (Å²) in [6, 6.07) is 5.35. The maximum absolute atomic E-state index is 11.4. The molecular weight excluding hydrogens is 426 g/mol. The van der Waals surface area contributed by atoms with Crippen LogP contribution >= 0.6 is 0 Å². The standard InChI is InChI=1S/C10H12N2O.C2H6.U.H2/c13-10(12-7-8-4-5-8)9-3-1-2-6-11-9;1-2;;/h1-3,6,8H,4-5,7H2,(H,12,13);1-2H3;;1H. The Morgan fingerprint density at radius 1 is 1.50 bits per heavy atom. The van der Waals surface area contributed by atoms with E-state index in [4.69, 9.17) is 0 Å². The third-order valence-electron chi connectivity index (χ3n) is 2.15. The Balaban J connectivity index is 0. The summed E-state index contributed by atoms with van der Waals surface area (Å²) in [7, 11) is 0. The molecule has 0 unspecified atom stereocenters. The van der Waals surface area contributed by atoms with Gasteiger partial charge in [0, 0.05) is 45.3 Å². The monoisotopic (exact) mass is 446 g/mol. The van der Waals surface area contributed by atoms with Crippen molar-refractivity contribution in [1.29, 1.82) is 0 Å². The van der Waals surface area contributed by atoms with E-state index < -0.39 is 0 Å². The van der Waals surface area contributed by atoms with Crippen LogP contribution in [0.25, 0.3) is 0 Å². The van der Waals surface area contributed by atoms with Gasteiger partial charge in [-0.05, 0) is 30.9 Å². The van der Waals surface area contributed by atoms with Gasteiger partial charge in [0.15, 0.2) is 0 Å². The fraction of sp³-hybridized carbons (Fsp3) is 0.500. The van der Waals surface area contributed by atoms with Crippen LogP contribution in [0, 0.1) is 37.0 Å².